The zero-order valence-corrected chi connectivity index (χ0v) is 23.9. The van der Waals surface area contributed by atoms with E-state index in [1.165, 1.54) is 0 Å². The van der Waals surface area contributed by atoms with E-state index in [0.29, 0.717) is 12.0 Å². The molecule has 16 N–H and O–H groups in total. The first-order chi connectivity index (χ1) is 20.3. The Kier molecular flexibility index (Phi) is 16.1. The molecule has 4 unspecified atom stereocenters. The maximum atomic E-state index is 13.4. The summed E-state index contributed by atoms with van der Waals surface area (Å²) in [5, 5.41) is 17.1. The van der Waals surface area contributed by atoms with Crippen molar-refractivity contribution >= 4 is 41.5 Å². The maximum Gasteiger partial charge on any atom is 0.326 e. The van der Waals surface area contributed by atoms with Gasteiger partial charge >= 0.3 is 5.97 Å². The van der Waals surface area contributed by atoms with Gasteiger partial charge in [0, 0.05) is 25.9 Å². The van der Waals surface area contributed by atoms with E-state index in [4.69, 9.17) is 34.4 Å². The van der Waals surface area contributed by atoms with Gasteiger partial charge in [0.2, 0.25) is 23.6 Å². The molecule has 1 rings (SSSR count). The lowest BCUT2D eigenvalue weighted by Crippen LogP contribution is -2.57. The fraction of sp³-hybridized carbons (Fsp3) is 0.500. The molecule has 17 nitrogen and oxygen atoms in total. The van der Waals surface area contributed by atoms with Crippen molar-refractivity contribution < 1.29 is 29.1 Å². The quantitative estimate of drug-likeness (QED) is 0.0394. The van der Waals surface area contributed by atoms with Gasteiger partial charge in [0.1, 0.15) is 18.1 Å². The number of aliphatic imine (C=N–C) groups is 2. The van der Waals surface area contributed by atoms with E-state index in [-0.39, 0.29) is 63.5 Å². The molecule has 1 aromatic carbocycles. The lowest BCUT2D eigenvalue weighted by Gasteiger charge is -2.25. The monoisotopic (exact) mass is 605 g/mol. The standard InChI is InChI=1S/C26H43N11O6/c27-16(8-4-12-33-25(29)30)21(39)37-19(14-15-6-2-1-3-7-15)23(41)35-17(10-11-20(28)38)22(40)36-18(24(42)43)9-5-13-34-26(31)32/h1-3,6-7,16-19H,4-5,8-14,27H2,(H2,28,38)(H,35,41)(H,36,40)(H,37,39)(H,42,43)(H4,29,30,33)(H4,31,32,34). The van der Waals surface area contributed by atoms with Crippen LogP contribution in [0.2, 0.25) is 0 Å². The highest BCUT2D eigenvalue weighted by Gasteiger charge is 2.30. The smallest absolute Gasteiger partial charge is 0.326 e. The van der Waals surface area contributed by atoms with Gasteiger partial charge in [-0.3, -0.25) is 29.2 Å². The predicted octanol–water partition coefficient (Wildman–Crippen LogP) is -3.53. The van der Waals surface area contributed by atoms with Crippen molar-refractivity contribution in [3.63, 3.8) is 0 Å². The van der Waals surface area contributed by atoms with Crippen LogP contribution in [0.1, 0.15) is 44.1 Å². The number of carboxylic acids is 1. The summed E-state index contributed by atoms with van der Waals surface area (Å²) in [4.78, 5) is 70.2. The number of carboxylic acid groups (broad SMARTS) is 1. The summed E-state index contributed by atoms with van der Waals surface area (Å²) in [6.07, 6.45) is 0.416. The van der Waals surface area contributed by atoms with Gasteiger partial charge in [0.05, 0.1) is 6.04 Å². The number of hydrogen-bond acceptors (Lipinski definition) is 8. The van der Waals surface area contributed by atoms with Gasteiger partial charge < -0.3 is 55.5 Å². The molecule has 0 aliphatic heterocycles. The van der Waals surface area contributed by atoms with Crippen LogP contribution in [-0.4, -0.2) is 83.9 Å². The van der Waals surface area contributed by atoms with Gasteiger partial charge in [-0.15, -0.1) is 0 Å². The van der Waals surface area contributed by atoms with Crippen LogP contribution in [0.15, 0.2) is 40.3 Å². The second-order valence-electron chi connectivity index (χ2n) is 9.72. The summed E-state index contributed by atoms with van der Waals surface area (Å²) >= 11 is 0. The zero-order chi connectivity index (χ0) is 32.4. The minimum absolute atomic E-state index is 0.0118. The van der Waals surface area contributed by atoms with Gasteiger partial charge in [-0.25, -0.2) is 4.79 Å². The summed E-state index contributed by atoms with van der Waals surface area (Å²) in [7, 11) is 0. The molecule has 0 bridgehead atoms. The van der Waals surface area contributed by atoms with Crippen molar-refractivity contribution in [2.24, 2.45) is 44.4 Å². The highest BCUT2D eigenvalue weighted by atomic mass is 16.4. The summed E-state index contributed by atoms with van der Waals surface area (Å²) in [6.45, 7) is 0.403. The normalized spacial score (nSPS) is 13.3. The number of nitrogens with one attached hydrogen (secondary N) is 3. The van der Waals surface area contributed by atoms with Crippen LogP contribution in [0, 0.1) is 0 Å². The van der Waals surface area contributed by atoms with Crippen molar-refractivity contribution in [3.8, 4) is 0 Å². The number of carbonyl (C=O) groups is 5. The third-order valence-corrected chi connectivity index (χ3v) is 6.09. The molecular formula is C26H43N11O6. The average Bonchev–Trinajstić information content (AvgIpc) is 2.94. The van der Waals surface area contributed by atoms with E-state index in [1.54, 1.807) is 30.3 Å². The van der Waals surface area contributed by atoms with E-state index in [9.17, 15) is 29.1 Å². The van der Waals surface area contributed by atoms with Crippen molar-refractivity contribution in [2.45, 2.75) is 69.1 Å². The number of benzene rings is 1. The molecule has 17 heteroatoms. The van der Waals surface area contributed by atoms with Crippen LogP contribution in [0.3, 0.4) is 0 Å². The Morgan fingerprint density at radius 1 is 0.698 bits per heavy atom. The molecule has 43 heavy (non-hydrogen) atoms. The number of nitrogens with zero attached hydrogens (tertiary/aromatic N) is 2. The molecule has 0 heterocycles. The molecule has 4 atom stereocenters. The van der Waals surface area contributed by atoms with Crippen LogP contribution in [-0.2, 0) is 30.4 Å². The SMILES string of the molecule is NC(=O)CCC(NC(=O)C(Cc1ccccc1)NC(=O)C(N)CCCN=C(N)N)C(=O)NC(CCCN=C(N)N)C(=O)O. The Morgan fingerprint density at radius 2 is 1.21 bits per heavy atom. The number of aliphatic carboxylic acids is 1. The summed E-state index contributed by atoms with van der Waals surface area (Å²) in [5.74, 6) is -4.53. The zero-order valence-electron chi connectivity index (χ0n) is 23.9. The van der Waals surface area contributed by atoms with E-state index in [0.717, 1.165) is 0 Å². The maximum absolute atomic E-state index is 13.4. The first kappa shape index (κ1) is 36.1. The van der Waals surface area contributed by atoms with Crippen LogP contribution < -0.4 is 50.4 Å². The molecule has 1 aromatic rings. The number of guanidine groups is 2. The second-order valence-corrected chi connectivity index (χ2v) is 9.72. The number of hydrogen-bond donors (Lipinski definition) is 10. The highest BCUT2D eigenvalue weighted by molar-refractivity contribution is 5.94. The Hall–Kier alpha value is -4.93. The third-order valence-electron chi connectivity index (χ3n) is 6.09. The Labute approximate surface area is 249 Å². The van der Waals surface area contributed by atoms with Crippen LogP contribution >= 0.6 is 0 Å². The summed E-state index contributed by atoms with van der Waals surface area (Å²) in [6, 6.07) is 3.96. The summed E-state index contributed by atoms with van der Waals surface area (Å²) in [5.41, 5.74) is 33.1. The molecule has 0 saturated carbocycles. The largest absolute Gasteiger partial charge is 0.480 e. The number of carbonyl (C=O) groups excluding carboxylic acids is 4. The molecule has 0 aliphatic rings. The van der Waals surface area contributed by atoms with Crippen molar-refractivity contribution in [1.29, 1.82) is 0 Å². The number of rotatable bonds is 20. The first-order valence-electron chi connectivity index (χ1n) is 13.6. The number of amides is 4. The van der Waals surface area contributed by atoms with Gasteiger partial charge in [-0.2, -0.15) is 0 Å². The Balaban J connectivity index is 3.07. The molecule has 0 spiro atoms. The van der Waals surface area contributed by atoms with E-state index in [2.05, 4.69) is 25.9 Å². The Morgan fingerprint density at radius 3 is 1.74 bits per heavy atom. The molecule has 238 valence electrons. The minimum atomic E-state index is -1.34. The van der Waals surface area contributed by atoms with Gasteiger partial charge in [0.25, 0.3) is 0 Å². The van der Waals surface area contributed by atoms with Crippen molar-refractivity contribution in [1.82, 2.24) is 16.0 Å². The third kappa shape index (κ3) is 15.6. The number of nitrogens with two attached hydrogens (primary N) is 6. The molecule has 0 fully saturated rings. The first-order valence-corrected chi connectivity index (χ1v) is 13.6. The molecule has 0 saturated heterocycles. The average molecular weight is 606 g/mol. The highest BCUT2D eigenvalue weighted by Crippen LogP contribution is 2.08. The predicted molar refractivity (Wildman–Crippen MR) is 160 cm³/mol. The van der Waals surface area contributed by atoms with Crippen LogP contribution in [0.5, 0.6) is 0 Å². The lowest BCUT2D eigenvalue weighted by atomic mass is 10.0. The van der Waals surface area contributed by atoms with Crippen molar-refractivity contribution in [3.05, 3.63) is 35.9 Å². The topological polar surface area (TPSA) is 323 Å². The van der Waals surface area contributed by atoms with E-state index in [1.807, 2.05) is 0 Å². The molecule has 0 aliphatic carbocycles. The van der Waals surface area contributed by atoms with Gasteiger partial charge in [-0.1, -0.05) is 30.3 Å². The molecular weight excluding hydrogens is 562 g/mol. The number of primary amides is 1. The van der Waals surface area contributed by atoms with Gasteiger partial charge in [0.15, 0.2) is 11.9 Å². The second kappa shape index (κ2) is 19.2. The van der Waals surface area contributed by atoms with Gasteiger partial charge in [-0.05, 0) is 37.7 Å². The van der Waals surface area contributed by atoms with E-state index >= 15 is 0 Å². The lowest BCUT2D eigenvalue weighted by molar-refractivity contribution is -0.142. The fourth-order valence-electron chi connectivity index (χ4n) is 3.85. The summed E-state index contributed by atoms with van der Waals surface area (Å²) < 4.78 is 0. The van der Waals surface area contributed by atoms with Crippen molar-refractivity contribution in [2.75, 3.05) is 13.1 Å². The van der Waals surface area contributed by atoms with Crippen LogP contribution in [0.4, 0.5) is 0 Å². The van der Waals surface area contributed by atoms with Crippen LogP contribution in [0.25, 0.3) is 0 Å². The minimum Gasteiger partial charge on any atom is -0.480 e. The Bertz CT molecular complexity index is 1140. The molecule has 4 amide bonds. The molecule has 0 radical (unpaired) electrons. The van der Waals surface area contributed by atoms with E-state index < -0.39 is 53.8 Å². The fourth-order valence-corrected chi connectivity index (χ4v) is 3.85. The molecule has 0 aromatic heterocycles.